The maximum absolute atomic E-state index is 14.1. The molecule has 0 aliphatic carbocycles. The monoisotopic (exact) mass is 426 g/mol. The van der Waals surface area contributed by atoms with Crippen molar-refractivity contribution in [2.45, 2.75) is 18.7 Å². The molecule has 0 heterocycles. The van der Waals surface area contributed by atoms with Crippen LogP contribution in [-0.4, -0.2) is 39.6 Å². The molecule has 2 aromatic rings. The third kappa shape index (κ3) is 4.80. The molecule has 0 aliphatic rings. The van der Waals surface area contributed by atoms with E-state index in [1.807, 2.05) is 0 Å². The fourth-order valence-electron chi connectivity index (χ4n) is 2.54. The van der Waals surface area contributed by atoms with E-state index in [-0.39, 0.29) is 23.7 Å². The first-order valence-corrected chi connectivity index (χ1v) is 9.82. The Kier molecular flexibility index (Phi) is 6.75. The highest BCUT2D eigenvalue weighted by Gasteiger charge is 2.30. The lowest BCUT2D eigenvalue weighted by Gasteiger charge is -2.25. The number of carbonyl (C=O) groups is 1. The topological polar surface area (TPSA) is 116 Å². The summed E-state index contributed by atoms with van der Waals surface area (Å²) in [7, 11) is -3.24. The first-order chi connectivity index (χ1) is 13.6. The summed E-state index contributed by atoms with van der Waals surface area (Å²) in [5.74, 6) is -1.94. The van der Waals surface area contributed by atoms with Crippen molar-refractivity contribution in [3.63, 3.8) is 0 Å². The molecule has 0 amide bonds. The smallest absolute Gasteiger partial charge is 0.326 e. The number of hydrogen-bond acceptors (Lipinski definition) is 7. The Bertz CT molecular complexity index is 1040. The Labute approximate surface area is 166 Å². The highest BCUT2D eigenvalue weighted by atomic mass is 32.2. The SMILES string of the molecule is CCOC(=O)CN(c1cc([N+](=O)[O-])ccc1C)S(=O)(=O)c1ccc(OC)c(F)c1. The molecular weight excluding hydrogens is 407 g/mol. The normalized spacial score (nSPS) is 11.0. The van der Waals surface area contributed by atoms with Gasteiger partial charge in [0.2, 0.25) is 0 Å². The molecule has 0 aromatic heterocycles. The molecule has 156 valence electrons. The maximum Gasteiger partial charge on any atom is 0.326 e. The van der Waals surface area contributed by atoms with Crippen molar-refractivity contribution < 1.29 is 32.0 Å². The second kappa shape index (κ2) is 8.86. The number of nitro benzene ring substituents is 1. The fourth-order valence-corrected chi connectivity index (χ4v) is 4.02. The van der Waals surface area contributed by atoms with Crippen molar-refractivity contribution in [3.05, 3.63) is 57.9 Å². The van der Waals surface area contributed by atoms with Crippen molar-refractivity contribution in [1.82, 2.24) is 0 Å². The van der Waals surface area contributed by atoms with Crippen LogP contribution in [0.25, 0.3) is 0 Å². The van der Waals surface area contributed by atoms with Gasteiger partial charge in [0.05, 0.1) is 29.2 Å². The standard InChI is InChI=1S/C18H19FN2O7S/c1-4-28-18(22)11-20(16-9-13(21(23)24)6-5-12(16)2)29(25,26)14-7-8-17(27-3)15(19)10-14/h5-10H,4,11H2,1-3H3. The molecule has 0 radical (unpaired) electrons. The molecule has 0 fully saturated rings. The van der Waals surface area contributed by atoms with Gasteiger partial charge in [-0.3, -0.25) is 19.2 Å². The number of aryl methyl sites for hydroxylation is 1. The lowest BCUT2D eigenvalue weighted by atomic mass is 10.2. The Morgan fingerprint density at radius 3 is 2.48 bits per heavy atom. The Hall–Kier alpha value is -3.21. The molecule has 2 rings (SSSR count). The molecule has 0 atom stereocenters. The number of halogens is 1. The molecule has 0 aliphatic heterocycles. The van der Waals surface area contributed by atoms with Crippen LogP contribution in [0.15, 0.2) is 41.3 Å². The lowest BCUT2D eigenvalue weighted by molar-refractivity contribution is -0.384. The van der Waals surface area contributed by atoms with Gasteiger partial charge < -0.3 is 9.47 Å². The van der Waals surface area contributed by atoms with E-state index < -0.39 is 38.2 Å². The van der Waals surface area contributed by atoms with Crippen LogP contribution in [0.5, 0.6) is 5.75 Å². The minimum Gasteiger partial charge on any atom is -0.494 e. The number of methoxy groups -OCH3 is 1. The maximum atomic E-state index is 14.1. The summed E-state index contributed by atoms with van der Waals surface area (Å²) < 4.78 is 50.8. The zero-order valence-corrected chi connectivity index (χ0v) is 16.7. The summed E-state index contributed by atoms with van der Waals surface area (Å²) in [4.78, 5) is 22.0. The van der Waals surface area contributed by atoms with Gasteiger partial charge in [0, 0.05) is 12.1 Å². The quantitative estimate of drug-likeness (QED) is 0.362. The molecule has 0 N–H and O–H groups in total. The van der Waals surface area contributed by atoms with E-state index in [0.717, 1.165) is 24.3 Å². The third-order valence-corrected chi connectivity index (χ3v) is 5.72. The molecule has 11 heteroatoms. The minimum absolute atomic E-state index is 0.0117. The Morgan fingerprint density at radius 1 is 1.24 bits per heavy atom. The van der Waals surface area contributed by atoms with Crippen LogP contribution < -0.4 is 9.04 Å². The van der Waals surface area contributed by atoms with E-state index in [9.17, 15) is 27.7 Å². The number of hydrogen-bond donors (Lipinski definition) is 0. The van der Waals surface area contributed by atoms with Gasteiger partial charge in [0.15, 0.2) is 11.6 Å². The summed E-state index contributed by atoms with van der Waals surface area (Å²) in [6, 6.07) is 6.59. The number of anilines is 1. The molecule has 0 saturated heterocycles. The minimum atomic E-state index is -4.47. The molecule has 0 unspecified atom stereocenters. The summed E-state index contributed by atoms with van der Waals surface area (Å²) in [6.07, 6.45) is 0. The second-order valence-corrected chi connectivity index (χ2v) is 7.70. The van der Waals surface area contributed by atoms with Crippen LogP contribution in [0.4, 0.5) is 15.8 Å². The molecular formula is C18H19FN2O7S. The van der Waals surface area contributed by atoms with Gasteiger partial charge in [-0.15, -0.1) is 0 Å². The number of carbonyl (C=O) groups excluding carboxylic acids is 1. The summed E-state index contributed by atoms with van der Waals surface area (Å²) in [5.41, 5.74) is -0.100. The van der Waals surface area contributed by atoms with E-state index in [4.69, 9.17) is 9.47 Å². The van der Waals surface area contributed by atoms with Crippen molar-refractivity contribution in [2.24, 2.45) is 0 Å². The van der Waals surface area contributed by atoms with Crippen LogP contribution in [-0.2, 0) is 19.6 Å². The van der Waals surface area contributed by atoms with Gasteiger partial charge >= 0.3 is 5.97 Å². The summed E-state index contributed by atoms with van der Waals surface area (Å²) >= 11 is 0. The van der Waals surface area contributed by atoms with E-state index in [2.05, 4.69) is 0 Å². The van der Waals surface area contributed by atoms with Gasteiger partial charge in [0.25, 0.3) is 15.7 Å². The highest BCUT2D eigenvalue weighted by molar-refractivity contribution is 7.92. The zero-order chi connectivity index (χ0) is 21.8. The van der Waals surface area contributed by atoms with Crippen LogP contribution in [0, 0.1) is 22.9 Å². The van der Waals surface area contributed by atoms with Gasteiger partial charge in [-0.2, -0.15) is 0 Å². The summed E-state index contributed by atoms with van der Waals surface area (Å²) in [5, 5.41) is 11.1. The number of ether oxygens (including phenoxy) is 2. The van der Waals surface area contributed by atoms with Crippen LogP contribution in [0.3, 0.4) is 0 Å². The Balaban J connectivity index is 2.64. The second-order valence-electron chi connectivity index (χ2n) is 5.84. The van der Waals surface area contributed by atoms with Crippen molar-refractivity contribution in [3.8, 4) is 5.75 Å². The number of non-ortho nitro benzene ring substituents is 1. The first kappa shape index (κ1) is 22.1. The van der Waals surface area contributed by atoms with Crippen LogP contribution >= 0.6 is 0 Å². The number of nitro groups is 1. The average molecular weight is 426 g/mol. The predicted octanol–water partition coefficient (Wildman–Crippen LogP) is 2.81. The summed E-state index contributed by atoms with van der Waals surface area (Å²) in [6.45, 7) is 2.35. The highest BCUT2D eigenvalue weighted by Crippen LogP contribution is 2.31. The Morgan fingerprint density at radius 2 is 1.93 bits per heavy atom. The average Bonchev–Trinajstić information content (AvgIpc) is 2.66. The van der Waals surface area contributed by atoms with Crippen LogP contribution in [0.2, 0.25) is 0 Å². The van der Waals surface area contributed by atoms with E-state index in [0.29, 0.717) is 9.87 Å². The van der Waals surface area contributed by atoms with Crippen molar-refractivity contribution >= 4 is 27.4 Å². The predicted molar refractivity (Wildman–Crippen MR) is 102 cm³/mol. The van der Waals surface area contributed by atoms with Crippen molar-refractivity contribution in [2.75, 3.05) is 24.6 Å². The fraction of sp³-hybridized carbons (Fsp3) is 0.278. The molecule has 2 aromatic carbocycles. The largest absolute Gasteiger partial charge is 0.494 e. The van der Waals surface area contributed by atoms with E-state index in [1.165, 1.54) is 26.2 Å². The zero-order valence-electron chi connectivity index (χ0n) is 15.9. The van der Waals surface area contributed by atoms with Gasteiger partial charge in [-0.25, -0.2) is 12.8 Å². The molecule has 0 saturated carbocycles. The van der Waals surface area contributed by atoms with Gasteiger partial charge in [0.1, 0.15) is 6.54 Å². The lowest BCUT2D eigenvalue weighted by Crippen LogP contribution is -2.37. The number of sulfonamides is 1. The number of esters is 1. The molecule has 29 heavy (non-hydrogen) atoms. The number of nitrogens with zero attached hydrogens (tertiary/aromatic N) is 2. The number of benzene rings is 2. The van der Waals surface area contributed by atoms with Crippen molar-refractivity contribution in [1.29, 1.82) is 0 Å². The molecule has 0 bridgehead atoms. The number of rotatable bonds is 8. The van der Waals surface area contributed by atoms with E-state index in [1.54, 1.807) is 6.92 Å². The van der Waals surface area contributed by atoms with Crippen LogP contribution in [0.1, 0.15) is 12.5 Å². The molecule has 9 nitrogen and oxygen atoms in total. The van der Waals surface area contributed by atoms with E-state index >= 15 is 0 Å². The first-order valence-electron chi connectivity index (χ1n) is 8.38. The molecule has 0 spiro atoms. The van der Waals surface area contributed by atoms with Gasteiger partial charge in [-0.05, 0) is 37.6 Å². The van der Waals surface area contributed by atoms with Gasteiger partial charge in [-0.1, -0.05) is 6.07 Å². The third-order valence-electron chi connectivity index (χ3n) is 3.96.